The van der Waals surface area contributed by atoms with Crippen LogP contribution >= 0.6 is 11.3 Å². The summed E-state index contributed by atoms with van der Waals surface area (Å²) in [6, 6.07) is 19.9. The Hall–Kier alpha value is -3.66. The van der Waals surface area contributed by atoms with E-state index in [1.54, 1.807) is 41.8 Å². The topological polar surface area (TPSA) is 105 Å². The van der Waals surface area contributed by atoms with Gasteiger partial charge in [-0.2, -0.15) is 0 Å². The molecule has 7 nitrogen and oxygen atoms in total. The zero-order valence-electron chi connectivity index (χ0n) is 18.2. The lowest BCUT2D eigenvalue weighted by Crippen LogP contribution is -2.23. The molecule has 1 amide bonds. The number of anilines is 1. The molecule has 172 valence electrons. The van der Waals surface area contributed by atoms with Gasteiger partial charge in [0.2, 0.25) is 10.0 Å². The van der Waals surface area contributed by atoms with Crippen LogP contribution < -0.4 is 10.0 Å². The molecule has 0 fully saturated rings. The van der Waals surface area contributed by atoms with Gasteiger partial charge >= 0.3 is 0 Å². The van der Waals surface area contributed by atoms with E-state index >= 15 is 0 Å². The van der Waals surface area contributed by atoms with Crippen LogP contribution in [-0.4, -0.2) is 25.1 Å². The van der Waals surface area contributed by atoms with Crippen molar-refractivity contribution in [1.82, 2.24) is 9.71 Å². The predicted molar refractivity (Wildman–Crippen MR) is 132 cm³/mol. The average Bonchev–Trinajstić information content (AvgIpc) is 3.39. The van der Waals surface area contributed by atoms with Gasteiger partial charge in [0.25, 0.3) is 5.91 Å². The maximum atomic E-state index is 12.6. The van der Waals surface area contributed by atoms with Crippen LogP contribution in [0, 0.1) is 0 Å². The molecule has 0 radical (unpaired) electrons. The minimum Gasteiger partial charge on any atom is -0.322 e. The van der Waals surface area contributed by atoms with Crippen LogP contribution in [-0.2, 0) is 16.6 Å². The van der Waals surface area contributed by atoms with E-state index in [1.165, 1.54) is 31.2 Å². The molecule has 2 N–H and O–H groups in total. The van der Waals surface area contributed by atoms with Crippen LogP contribution in [0.2, 0.25) is 0 Å². The number of nitrogens with one attached hydrogen (secondary N) is 2. The van der Waals surface area contributed by atoms with Crippen molar-refractivity contribution < 1.29 is 18.0 Å². The van der Waals surface area contributed by atoms with Crippen LogP contribution in [0.25, 0.3) is 10.6 Å². The Bertz CT molecular complexity index is 1400. The third-order valence-corrected chi connectivity index (χ3v) is 7.31. The van der Waals surface area contributed by atoms with Crippen molar-refractivity contribution in [3.05, 3.63) is 101 Å². The smallest absolute Gasteiger partial charge is 0.255 e. The monoisotopic (exact) mass is 491 g/mol. The fraction of sp³-hybridized carbons (Fsp3) is 0.0800. The van der Waals surface area contributed by atoms with Gasteiger partial charge in [0.15, 0.2) is 5.78 Å². The lowest BCUT2D eigenvalue weighted by Gasteiger charge is -2.09. The summed E-state index contributed by atoms with van der Waals surface area (Å²) >= 11 is 1.55. The van der Waals surface area contributed by atoms with Gasteiger partial charge in [0, 0.05) is 40.5 Å². The lowest BCUT2D eigenvalue weighted by molar-refractivity contribution is 0.101. The van der Waals surface area contributed by atoms with Crippen molar-refractivity contribution in [3.63, 3.8) is 0 Å². The van der Waals surface area contributed by atoms with Crippen molar-refractivity contribution in [3.8, 4) is 10.6 Å². The highest BCUT2D eigenvalue weighted by atomic mass is 32.2. The molecule has 0 bridgehead atoms. The minimum atomic E-state index is -3.73. The van der Waals surface area contributed by atoms with Crippen LogP contribution in [0.15, 0.2) is 89.3 Å². The molecular weight excluding hydrogens is 470 g/mol. The molecule has 4 rings (SSSR count). The Labute approximate surface area is 201 Å². The van der Waals surface area contributed by atoms with Gasteiger partial charge in [-0.3, -0.25) is 9.59 Å². The Balaban J connectivity index is 1.35. The van der Waals surface area contributed by atoms with E-state index in [9.17, 15) is 18.0 Å². The molecule has 0 aliphatic rings. The first-order valence-corrected chi connectivity index (χ1v) is 12.7. The van der Waals surface area contributed by atoms with Crippen LogP contribution in [0.3, 0.4) is 0 Å². The number of thiazole rings is 1. The van der Waals surface area contributed by atoms with Crippen molar-refractivity contribution in [2.45, 2.75) is 18.4 Å². The first-order chi connectivity index (χ1) is 16.3. The average molecular weight is 492 g/mol. The first kappa shape index (κ1) is 23.5. The molecule has 34 heavy (non-hydrogen) atoms. The Morgan fingerprint density at radius 3 is 2.12 bits per heavy atom. The van der Waals surface area contributed by atoms with Gasteiger partial charge in [0.05, 0.1) is 4.90 Å². The van der Waals surface area contributed by atoms with Gasteiger partial charge in [-0.05, 0) is 61.0 Å². The maximum Gasteiger partial charge on any atom is 0.255 e. The highest BCUT2D eigenvalue weighted by Crippen LogP contribution is 2.23. The van der Waals surface area contributed by atoms with E-state index in [-0.39, 0.29) is 23.1 Å². The van der Waals surface area contributed by atoms with Crippen molar-refractivity contribution in [1.29, 1.82) is 0 Å². The van der Waals surface area contributed by atoms with Gasteiger partial charge in [0.1, 0.15) is 5.01 Å². The van der Waals surface area contributed by atoms with Crippen LogP contribution in [0.1, 0.15) is 33.2 Å². The van der Waals surface area contributed by atoms with Gasteiger partial charge in [-0.1, -0.05) is 24.3 Å². The molecule has 1 aromatic heterocycles. The second kappa shape index (κ2) is 10.1. The summed E-state index contributed by atoms with van der Waals surface area (Å²) in [4.78, 5) is 28.3. The highest BCUT2D eigenvalue weighted by molar-refractivity contribution is 7.89. The zero-order valence-corrected chi connectivity index (χ0v) is 19.8. The molecule has 0 unspecified atom stereocenters. The molecule has 0 saturated carbocycles. The quantitative estimate of drug-likeness (QED) is 0.346. The first-order valence-electron chi connectivity index (χ1n) is 10.3. The molecule has 1 heterocycles. The number of Topliss-reactive ketones (excluding diaryl/α,β-unsaturated/α-hetero) is 1. The number of carbonyl (C=O) groups is 2. The van der Waals surface area contributed by atoms with Gasteiger partial charge in [-0.25, -0.2) is 18.1 Å². The summed E-state index contributed by atoms with van der Waals surface area (Å²) in [5, 5.41) is 5.67. The van der Waals surface area contributed by atoms with E-state index in [1.807, 2.05) is 29.6 Å². The summed E-state index contributed by atoms with van der Waals surface area (Å²) in [7, 11) is -3.73. The number of carbonyl (C=O) groups excluding carboxylic acids is 2. The van der Waals surface area contributed by atoms with Crippen molar-refractivity contribution >= 4 is 38.7 Å². The summed E-state index contributed by atoms with van der Waals surface area (Å²) in [5.74, 6) is -0.395. The highest BCUT2D eigenvalue weighted by Gasteiger charge is 2.14. The zero-order chi connectivity index (χ0) is 24.1. The van der Waals surface area contributed by atoms with Crippen LogP contribution in [0.4, 0.5) is 5.69 Å². The second-order valence-electron chi connectivity index (χ2n) is 7.47. The standard InChI is InChI=1S/C25H21N3O4S2/c1-17(29)19-8-12-23(13-9-19)34(31,32)27-16-18-2-4-20(5-3-18)24(30)28-22-10-6-21(7-11-22)25-26-14-15-33-25/h2-15,27H,16H2,1H3,(H,28,30). The molecule has 0 atom stereocenters. The third kappa shape index (κ3) is 5.63. The van der Waals surface area contributed by atoms with E-state index in [0.29, 0.717) is 22.4 Å². The van der Waals surface area contributed by atoms with E-state index < -0.39 is 10.0 Å². The Morgan fingerprint density at radius 2 is 1.53 bits per heavy atom. The van der Waals surface area contributed by atoms with Gasteiger partial charge in [-0.15, -0.1) is 11.3 Å². The minimum absolute atomic E-state index is 0.0664. The number of amides is 1. The number of aromatic nitrogens is 1. The molecule has 0 aliphatic carbocycles. The summed E-state index contributed by atoms with van der Waals surface area (Å²) in [6.07, 6.45) is 1.75. The summed E-state index contributed by atoms with van der Waals surface area (Å²) in [6.45, 7) is 1.49. The number of sulfonamides is 1. The number of hydrogen-bond donors (Lipinski definition) is 2. The SMILES string of the molecule is CC(=O)c1ccc(S(=O)(=O)NCc2ccc(C(=O)Nc3ccc(-c4nccs4)cc3)cc2)cc1. The fourth-order valence-corrected chi connectivity index (χ4v) is 4.83. The van der Waals surface area contributed by atoms with E-state index in [4.69, 9.17) is 0 Å². The molecule has 0 saturated heterocycles. The number of rotatable bonds is 8. The molecule has 4 aromatic rings. The molecular formula is C25H21N3O4S2. The van der Waals surface area contributed by atoms with E-state index in [0.717, 1.165) is 10.6 Å². The predicted octanol–water partition coefficient (Wildman–Crippen LogP) is 4.74. The van der Waals surface area contributed by atoms with E-state index in [2.05, 4.69) is 15.0 Å². The van der Waals surface area contributed by atoms with Crippen molar-refractivity contribution in [2.24, 2.45) is 0 Å². The fourth-order valence-electron chi connectivity index (χ4n) is 3.17. The molecule has 9 heteroatoms. The third-order valence-electron chi connectivity index (χ3n) is 5.08. The number of ketones is 1. The summed E-state index contributed by atoms with van der Waals surface area (Å²) in [5.41, 5.74) is 3.25. The van der Waals surface area contributed by atoms with Gasteiger partial charge < -0.3 is 5.32 Å². The van der Waals surface area contributed by atoms with Crippen LogP contribution in [0.5, 0.6) is 0 Å². The number of benzene rings is 3. The molecule has 0 aliphatic heterocycles. The Morgan fingerprint density at radius 1 is 0.882 bits per heavy atom. The maximum absolute atomic E-state index is 12.6. The number of nitrogens with zero attached hydrogens (tertiary/aromatic N) is 1. The normalized spacial score (nSPS) is 11.2. The molecule has 0 spiro atoms. The Kier molecular flexibility index (Phi) is 6.97. The molecule has 3 aromatic carbocycles. The van der Waals surface area contributed by atoms with Crippen molar-refractivity contribution in [2.75, 3.05) is 5.32 Å². The largest absolute Gasteiger partial charge is 0.322 e. The lowest BCUT2D eigenvalue weighted by atomic mass is 10.1. The summed E-state index contributed by atoms with van der Waals surface area (Å²) < 4.78 is 27.5. The number of hydrogen-bond acceptors (Lipinski definition) is 6. The second-order valence-corrected chi connectivity index (χ2v) is 10.1.